The van der Waals surface area contributed by atoms with Gasteiger partial charge in [-0.05, 0) is 36.8 Å². The van der Waals surface area contributed by atoms with Crippen LogP contribution in [0.15, 0.2) is 36.4 Å². The maximum absolute atomic E-state index is 13.7. The van der Waals surface area contributed by atoms with E-state index in [1.807, 2.05) is 6.92 Å². The molecule has 0 saturated carbocycles. The van der Waals surface area contributed by atoms with Gasteiger partial charge in [0.2, 0.25) is 12.3 Å². The van der Waals surface area contributed by atoms with Crippen LogP contribution in [0.3, 0.4) is 0 Å². The molecule has 178 valence electrons. The van der Waals surface area contributed by atoms with Gasteiger partial charge in [0, 0.05) is 5.56 Å². The van der Waals surface area contributed by atoms with Crippen molar-refractivity contribution < 1.29 is 28.7 Å². The third-order valence-corrected chi connectivity index (χ3v) is 5.00. The molecule has 0 bridgehead atoms. The van der Waals surface area contributed by atoms with E-state index in [2.05, 4.69) is 15.6 Å². The van der Waals surface area contributed by atoms with Gasteiger partial charge in [-0.25, -0.2) is 14.4 Å². The molecule has 1 heterocycles. The van der Waals surface area contributed by atoms with Crippen LogP contribution >= 0.6 is 0 Å². The monoisotopic (exact) mass is 460 g/mol. The van der Waals surface area contributed by atoms with Crippen molar-refractivity contribution in [3.63, 3.8) is 0 Å². The number of halogens is 1. The summed E-state index contributed by atoms with van der Waals surface area (Å²) in [6, 6.07) is 9.12. The summed E-state index contributed by atoms with van der Waals surface area (Å²) in [6.45, 7) is 1.76. The predicted molar refractivity (Wildman–Crippen MR) is 119 cm³/mol. The number of benzene rings is 1. The van der Waals surface area contributed by atoms with E-state index in [0.717, 1.165) is 19.3 Å². The van der Waals surface area contributed by atoms with Crippen molar-refractivity contribution in [2.24, 2.45) is 5.92 Å². The van der Waals surface area contributed by atoms with Crippen molar-refractivity contribution in [3.8, 4) is 17.0 Å². The maximum atomic E-state index is 13.7. The lowest BCUT2D eigenvalue weighted by Crippen LogP contribution is -2.43. The Kier molecular flexibility index (Phi) is 10.2. The summed E-state index contributed by atoms with van der Waals surface area (Å²) in [5.41, 5.74) is 1.15. The molecule has 2 rings (SSSR count). The summed E-state index contributed by atoms with van der Waals surface area (Å²) >= 11 is 0. The summed E-state index contributed by atoms with van der Waals surface area (Å²) in [6.07, 6.45) is 3.42. The van der Waals surface area contributed by atoms with Gasteiger partial charge in [-0.3, -0.25) is 19.6 Å². The first-order valence-electron chi connectivity index (χ1n) is 10.7. The van der Waals surface area contributed by atoms with Gasteiger partial charge in [-0.2, -0.15) is 0 Å². The first-order valence-corrected chi connectivity index (χ1v) is 10.7. The van der Waals surface area contributed by atoms with E-state index in [-0.39, 0.29) is 37.0 Å². The molecule has 1 atom stereocenters. The lowest BCUT2D eigenvalue weighted by atomic mass is 10.0. The summed E-state index contributed by atoms with van der Waals surface area (Å²) in [4.78, 5) is 39.9. The molecule has 3 amide bonds. The highest BCUT2D eigenvalue weighted by molar-refractivity contribution is 5.93. The highest BCUT2D eigenvalue weighted by Gasteiger charge is 2.20. The van der Waals surface area contributed by atoms with Crippen LogP contribution in [0.25, 0.3) is 11.3 Å². The van der Waals surface area contributed by atoms with Crippen LogP contribution < -0.4 is 15.4 Å². The molecule has 10 heteroatoms. The lowest BCUT2D eigenvalue weighted by Gasteiger charge is -2.19. The summed E-state index contributed by atoms with van der Waals surface area (Å²) in [5.74, 6) is -1.93. The minimum Gasteiger partial charge on any atom is -0.494 e. The molecule has 0 unspecified atom stereocenters. The van der Waals surface area contributed by atoms with Crippen LogP contribution in [-0.4, -0.2) is 53.8 Å². The summed E-state index contributed by atoms with van der Waals surface area (Å²) in [7, 11) is 1.36. The Morgan fingerprint density at radius 1 is 1.24 bits per heavy atom. The molecule has 0 aliphatic carbocycles. The van der Waals surface area contributed by atoms with Gasteiger partial charge in [0.25, 0.3) is 5.91 Å². The number of carbonyl (C=O) groups excluding carboxylic acids is 3. The van der Waals surface area contributed by atoms with Gasteiger partial charge in [0.15, 0.2) is 11.6 Å². The zero-order chi connectivity index (χ0) is 24.2. The predicted octanol–water partition coefficient (Wildman–Crippen LogP) is 2.74. The summed E-state index contributed by atoms with van der Waals surface area (Å²) in [5, 5.41) is 15.0. The van der Waals surface area contributed by atoms with Gasteiger partial charge >= 0.3 is 0 Å². The molecule has 33 heavy (non-hydrogen) atoms. The van der Waals surface area contributed by atoms with E-state index in [1.54, 1.807) is 12.1 Å². The van der Waals surface area contributed by atoms with E-state index in [9.17, 15) is 24.0 Å². The fourth-order valence-electron chi connectivity index (χ4n) is 3.20. The molecular formula is C23H29FN4O5. The van der Waals surface area contributed by atoms with Crippen LogP contribution in [0.5, 0.6) is 5.75 Å². The zero-order valence-corrected chi connectivity index (χ0v) is 18.7. The third kappa shape index (κ3) is 7.83. The van der Waals surface area contributed by atoms with Crippen molar-refractivity contribution >= 4 is 18.2 Å². The van der Waals surface area contributed by atoms with Crippen LogP contribution in [0, 0.1) is 11.7 Å². The van der Waals surface area contributed by atoms with Gasteiger partial charge < -0.3 is 15.4 Å². The largest absolute Gasteiger partial charge is 0.494 e. The molecular weight excluding hydrogens is 431 g/mol. The van der Waals surface area contributed by atoms with Gasteiger partial charge in [-0.15, -0.1) is 0 Å². The van der Waals surface area contributed by atoms with Crippen molar-refractivity contribution in [2.75, 3.05) is 20.3 Å². The number of methoxy groups -OCH3 is 1. The molecule has 0 fully saturated rings. The quantitative estimate of drug-likeness (QED) is 0.139. The Balaban J connectivity index is 1.97. The van der Waals surface area contributed by atoms with Gasteiger partial charge in [-0.1, -0.05) is 32.3 Å². The number of pyridine rings is 1. The van der Waals surface area contributed by atoms with E-state index < -0.39 is 17.6 Å². The molecule has 3 N–H and O–H groups in total. The highest BCUT2D eigenvalue weighted by atomic mass is 19.1. The van der Waals surface area contributed by atoms with Crippen LogP contribution in [0.2, 0.25) is 0 Å². The molecule has 0 radical (unpaired) electrons. The highest BCUT2D eigenvalue weighted by Crippen LogP contribution is 2.25. The first-order chi connectivity index (χ1) is 15.9. The molecule has 0 saturated heterocycles. The lowest BCUT2D eigenvalue weighted by molar-refractivity contribution is -0.154. The molecule has 1 aromatic heterocycles. The van der Waals surface area contributed by atoms with E-state index >= 15 is 0 Å². The SMILES string of the molecule is CCCCC[C@H](CN(O)C=O)C(=O)NCNC(=O)c1cccc(-c2ccc(F)c(OC)c2)n1. The Morgan fingerprint density at radius 2 is 2.03 bits per heavy atom. The molecule has 2 aromatic rings. The van der Waals surface area contributed by atoms with Crippen LogP contribution in [0.1, 0.15) is 43.1 Å². The fraction of sp³-hybridized carbons (Fsp3) is 0.391. The van der Waals surface area contributed by atoms with Crippen LogP contribution in [-0.2, 0) is 9.59 Å². The standard InChI is InChI=1S/C23H29FN4O5/c1-3-4-5-7-17(13-28(32)15-29)22(30)25-14-26-23(31)20-9-6-8-19(27-20)16-10-11-18(24)21(12-16)33-2/h6,8-12,15,17,32H,3-5,7,13-14H2,1-2H3,(H,25,30)(H,26,31)/t17-/m1/s1. The number of amides is 3. The van der Waals surface area contributed by atoms with Crippen molar-refractivity contribution in [2.45, 2.75) is 32.6 Å². The average Bonchev–Trinajstić information content (AvgIpc) is 2.83. The number of carbonyl (C=O) groups is 3. The smallest absolute Gasteiger partial charge is 0.271 e. The molecule has 1 aromatic carbocycles. The number of rotatable bonds is 13. The number of nitrogens with zero attached hydrogens (tertiary/aromatic N) is 2. The number of hydrogen-bond donors (Lipinski definition) is 3. The van der Waals surface area contributed by atoms with Crippen LogP contribution in [0.4, 0.5) is 4.39 Å². The minimum absolute atomic E-state index is 0.0661. The van der Waals surface area contributed by atoms with E-state index in [4.69, 9.17) is 4.74 Å². The Labute approximate surface area is 191 Å². The Morgan fingerprint density at radius 3 is 2.73 bits per heavy atom. The second-order valence-electron chi connectivity index (χ2n) is 7.40. The maximum Gasteiger partial charge on any atom is 0.271 e. The average molecular weight is 461 g/mol. The van der Waals surface area contributed by atoms with Crippen molar-refractivity contribution in [1.82, 2.24) is 20.7 Å². The third-order valence-electron chi connectivity index (χ3n) is 5.00. The number of aromatic nitrogens is 1. The topological polar surface area (TPSA) is 121 Å². The van der Waals surface area contributed by atoms with Gasteiger partial charge in [0.1, 0.15) is 5.69 Å². The molecule has 0 aliphatic heterocycles. The fourth-order valence-corrected chi connectivity index (χ4v) is 3.20. The zero-order valence-electron chi connectivity index (χ0n) is 18.7. The van der Waals surface area contributed by atoms with Crippen molar-refractivity contribution in [3.05, 3.63) is 47.9 Å². The molecule has 0 aliphatic rings. The normalized spacial score (nSPS) is 11.4. The van der Waals surface area contributed by atoms with E-state index in [0.29, 0.717) is 22.7 Å². The minimum atomic E-state index is -0.599. The van der Waals surface area contributed by atoms with Gasteiger partial charge in [0.05, 0.1) is 31.9 Å². The number of hydrogen-bond acceptors (Lipinski definition) is 6. The number of hydroxylamine groups is 2. The second kappa shape index (κ2) is 13.1. The molecule has 0 spiro atoms. The Hall–Kier alpha value is -3.53. The summed E-state index contributed by atoms with van der Waals surface area (Å²) < 4.78 is 18.6. The Bertz CT molecular complexity index is 956. The van der Waals surface area contributed by atoms with E-state index in [1.165, 1.54) is 31.4 Å². The second-order valence-corrected chi connectivity index (χ2v) is 7.40. The number of ether oxygens (including phenoxy) is 1. The number of unbranched alkanes of at least 4 members (excludes halogenated alkanes) is 2. The first kappa shape index (κ1) is 25.7. The van der Waals surface area contributed by atoms with Crippen molar-refractivity contribution in [1.29, 1.82) is 0 Å². The number of nitrogens with one attached hydrogen (secondary N) is 2. The molecule has 9 nitrogen and oxygen atoms in total.